The lowest BCUT2D eigenvalue weighted by Gasteiger charge is -2.16. The van der Waals surface area contributed by atoms with Gasteiger partial charge in [-0.1, -0.05) is 6.42 Å². The van der Waals surface area contributed by atoms with Gasteiger partial charge in [-0.2, -0.15) is 23.4 Å². The van der Waals surface area contributed by atoms with E-state index in [1.165, 1.54) is 10.7 Å². The summed E-state index contributed by atoms with van der Waals surface area (Å²) in [6, 6.07) is 4.06. The standard InChI is InChI=1S/C22H23F3N6O/c1-30-19(11-18(28-30)13-6-7-13)21(32)27-16-4-2-3-5-17-15(16)12-31(29-17)14-8-9-26-20(10-14)22(23,24)25/h8-13,16H,2-7H2,1H3,(H,27,32)/t16-/m1/s1. The number of alkyl halides is 3. The van der Waals surface area contributed by atoms with Gasteiger partial charge in [-0.05, 0) is 50.3 Å². The summed E-state index contributed by atoms with van der Waals surface area (Å²) in [5.41, 5.74) is 2.41. The minimum atomic E-state index is -4.53. The minimum Gasteiger partial charge on any atom is -0.344 e. The lowest BCUT2D eigenvalue weighted by Crippen LogP contribution is -2.30. The molecule has 0 radical (unpaired) electrons. The fraction of sp³-hybridized carbons (Fsp3) is 0.455. The molecule has 1 fully saturated rings. The molecule has 2 aliphatic carbocycles. The lowest BCUT2D eigenvalue weighted by molar-refractivity contribution is -0.141. The highest BCUT2D eigenvalue weighted by Gasteiger charge is 2.33. The second-order valence-electron chi connectivity index (χ2n) is 8.50. The van der Waals surface area contributed by atoms with Crippen molar-refractivity contribution >= 4 is 5.91 Å². The van der Waals surface area contributed by atoms with Crippen LogP contribution in [0.5, 0.6) is 0 Å². The number of carbonyl (C=O) groups excluding carboxylic acids is 1. The highest BCUT2D eigenvalue weighted by Crippen LogP contribution is 2.39. The molecule has 168 valence electrons. The van der Waals surface area contributed by atoms with Gasteiger partial charge in [0, 0.05) is 30.9 Å². The Morgan fingerprint density at radius 1 is 1.16 bits per heavy atom. The van der Waals surface area contributed by atoms with Gasteiger partial charge in [0.05, 0.1) is 23.1 Å². The zero-order valence-corrected chi connectivity index (χ0v) is 17.6. The van der Waals surface area contributed by atoms with Crippen LogP contribution in [0.1, 0.15) is 77.2 Å². The maximum absolute atomic E-state index is 13.1. The molecule has 0 saturated heterocycles. The van der Waals surface area contributed by atoms with Crippen molar-refractivity contribution in [3.63, 3.8) is 0 Å². The van der Waals surface area contributed by atoms with E-state index in [0.717, 1.165) is 61.3 Å². The van der Waals surface area contributed by atoms with Crippen molar-refractivity contribution in [3.05, 3.63) is 58.9 Å². The maximum Gasteiger partial charge on any atom is 0.433 e. The number of amides is 1. The normalized spacial score (nSPS) is 18.8. The first-order valence-corrected chi connectivity index (χ1v) is 10.8. The third kappa shape index (κ3) is 4.01. The van der Waals surface area contributed by atoms with Crippen LogP contribution in [0.2, 0.25) is 0 Å². The van der Waals surface area contributed by atoms with Gasteiger partial charge in [0.25, 0.3) is 5.91 Å². The Morgan fingerprint density at radius 3 is 2.72 bits per heavy atom. The molecule has 10 heteroatoms. The molecule has 3 heterocycles. The molecule has 1 amide bonds. The second kappa shape index (κ2) is 7.75. The molecule has 5 rings (SSSR count). The number of fused-ring (bicyclic) bond motifs is 1. The third-order valence-corrected chi connectivity index (χ3v) is 6.09. The molecule has 0 aliphatic heterocycles. The van der Waals surface area contributed by atoms with Crippen molar-refractivity contribution in [2.45, 2.75) is 56.7 Å². The van der Waals surface area contributed by atoms with Crippen LogP contribution in [-0.4, -0.2) is 30.5 Å². The van der Waals surface area contributed by atoms with E-state index in [2.05, 4.69) is 20.5 Å². The summed E-state index contributed by atoms with van der Waals surface area (Å²) in [6.07, 6.45) is 3.81. The van der Waals surface area contributed by atoms with Gasteiger partial charge >= 0.3 is 6.18 Å². The number of aryl methyl sites for hydroxylation is 2. The van der Waals surface area contributed by atoms with Crippen LogP contribution in [0.4, 0.5) is 13.2 Å². The molecule has 3 aromatic rings. The average Bonchev–Trinajstić information content (AvgIpc) is 3.45. The van der Waals surface area contributed by atoms with Crippen LogP contribution in [-0.2, 0) is 19.6 Å². The summed E-state index contributed by atoms with van der Waals surface area (Å²) < 4.78 is 42.3. The molecule has 32 heavy (non-hydrogen) atoms. The van der Waals surface area contributed by atoms with Gasteiger partial charge in [0.15, 0.2) is 0 Å². The largest absolute Gasteiger partial charge is 0.433 e. The predicted octanol–water partition coefficient (Wildman–Crippen LogP) is 4.09. The third-order valence-electron chi connectivity index (χ3n) is 6.09. The van der Waals surface area contributed by atoms with E-state index in [4.69, 9.17) is 0 Å². The number of carbonyl (C=O) groups is 1. The summed E-state index contributed by atoms with van der Waals surface area (Å²) in [4.78, 5) is 16.4. The van der Waals surface area contributed by atoms with Crippen LogP contribution in [0.25, 0.3) is 5.69 Å². The van der Waals surface area contributed by atoms with Crippen LogP contribution in [0.15, 0.2) is 30.6 Å². The first-order valence-electron chi connectivity index (χ1n) is 10.8. The number of nitrogens with zero attached hydrogens (tertiary/aromatic N) is 5. The first-order chi connectivity index (χ1) is 15.3. The zero-order valence-electron chi connectivity index (χ0n) is 17.6. The molecule has 0 unspecified atom stereocenters. The maximum atomic E-state index is 13.1. The number of aromatic nitrogens is 5. The lowest BCUT2D eigenvalue weighted by atomic mass is 10.1. The van der Waals surface area contributed by atoms with Crippen molar-refractivity contribution in [3.8, 4) is 5.69 Å². The van der Waals surface area contributed by atoms with Crippen molar-refractivity contribution in [2.75, 3.05) is 0 Å². The number of hydrogen-bond acceptors (Lipinski definition) is 4. The minimum absolute atomic E-state index is 0.208. The second-order valence-corrected chi connectivity index (χ2v) is 8.50. The molecule has 0 aromatic carbocycles. The summed E-state index contributed by atoms with van der Waals surface area (Å²) in [5.74, 6) is 0.244. The van der Waals surface area contributed by atoms with Crippen molar-refractivity contribution in [2.24, 2.45) is 7.05 Å². The molecule has 1 saturated carbocycles. The Bertz CT molecular complexity index is 1160. The SMILES string of the molecule is Cn1nc(C2CC2)cc1C(=O)N[C@@H]1CCCCc2nn(-c3ccnc(C(F)(F)F)c3)cc21. The highest BCUT2D eigenvalue weighted by molar-refractivity contribution is 5.93. The van der Waals surface area contributed by atoms with E-state index in [1.54, 1.807) is 17.9 Å². The molecule has 1 atom stereocenters. The van der Waals surface area contributed by atoms with E-state index in [9.17, 15) is 18.0 Å². The summed E-state index contributed by atoms with van der Waals surface area (Å²) in [6.45, 7) is 0. The Morgan fingerprint density at radius 2 is 1.97 bits per heavy atom. The zero-order chi connectivity index (χ0) is 22.5. The van der Waals surface area contributed by atoms with Crippen molar-refractivity contribution in [1.82, 2.24) is 29.9 Å². The molecule has 7 nitrogen and oxygen atoms in total. The number of nitrogens with one attached hydrogen (secondary N) is 1. The topological polar surface area (TPSA) is 77.6 Å². The fourth-order valence-electron chi connectivity index (χ4n) is 4.22. The van der Waals surface area contributed by atoms with Gasteiger partial charge in [0.1, 0.15) is 11.4 Å². The Labute approximate surface area is 182 Å². The van der Waals surface area contributed by atoms with E-state index < -0.39 is 11.9 Å². The molecular formula is C22H23F3N6O. The first kappa shape index (κ1) is 20.7. The van der Waals surface area contributed by atoms with E-state index in [-0.39, 0.29) is 17.6 Å². The number of halogens is 3. The highest BCUT2D eigenvalue weighted by atomic mass is 19.4. The van der Waals surface area contributed by atoms with Crippen LogP contribution in [0.3, 0.4) is 0 Å². The Balaban J connectivity index is 1.42. The molecule has 1 N–H and O–H groups in total. The number of rotatable bonds is 4. The van der Waals surface area contributed by atoms with Gasteiger partial charge < -0.3 is 5.32 Å². The Hall–Kier alpha value is -3.17. The fourth-order valence-corrected chi connectivity index (χ4v) is 4.22. The number of hydrogen-bond donors (Lipinski definition) is 1. The number of pyridine rings is 1. The predicted molar refractivity (Wildman–Crippen MR) is 109 cm³/mol. The van der Waals surface area contributed by atoms with Gasteiger partial charge in [-0.15, -0.1) is 0 Å². The Kier molecular flexibility index (Phi) is 5.02. The summed E-state index contributed by atoms with van der Waals surface area (Å²) in [5, 5.41) is 12.1. The van der Waals surface area contributed by atoms with E-state index in [1.807, 2.05) is 6.07 Å². The van der Waals surface area contributed by atoms with Crippen LogP contribution < -0.4 is 5.32 Å². The van der Waals surface area contributed by atoms with Crippen molar-refractivity contribution in [1.29, 1.82) is 0 Å². The molecule has 0 spiro atoms. The van der Waals surface area contributed by atoms with Crippen LogP contribution in [0, 0.1) is 0 Å². The van der Waals surface area contributed by atoms with Gasteiger partial charge in [-0.25, -0.2) is 4.68 Å². The van der Waals surface area contributed by atoms with E-state index >= 15 is 0 Å². The quantitative estimate of drug-likeness (QED) is 0.615. The average molecular weight is 444 g/mol. The van der Waals surface area contributed by atoms with Crippen LogP contribution >= 0.6 is 0 Å². The van der Waals surface area contributed by atoms with Gasteiger partial charge in [0.2, 0.25) is 0 Å². The molecule has 2 aliphatic rings. The molecular weight excluding hydrogens is 421 g/mol. The summed E-state index contributed by atoms with van der Waals surface area (Å²) >= 11 is 0. The monoisotopic (exact) mass is 444 g/mol. The van der Waals surface area contributed by atoms with Gasteiger partial charge in [-0.3, -0.25) is 14.5 Å². The van der Waals surface area contributed by atoms with Crippen molar-refractivity contribution < 1.29 is 18.0 Å². The molecule has 0 bridgehead atoms. The smallest absolute Gasteiger partial charge is 0.344 e. The van der Waals surface area contributed by atoms with E-state index in [0.29, 0.717) is 18.0 Å². The summed E-state index contributed by atoms with van der Waals surface area (Å²) in [7, 11) is 1.76. The molecule has 3 aromatic heterocycles.